The Labute approximate surface area is 164 Å². The summed E-state index contributed by atoms with van der Waals surface area (Å²) in [6, 6.07) is 7.57. The van der Waals surface area contributed by atoms with Crippen LogP contribution in [0.25, 0.3) is 16.7 Å². The minimum atomic E-state index is -2.05. The van der Waals surface area contributed by atoms with Gasteiger partial charge in [0.05, 0.1) is 22.3 Å². The fourth-order valence-corrected chi connectivity index (χ4v) is 2.71. The second kappa shape index (κ2) is 7.13. The summed E-state index contributed by atoms with van der Waals surface area (Å²) in [5, 5.41) is 46.6. The predicted octanol–water partition coefficient (Wildman–Crippen LogP) is 2.42. The maximum Gasteiger partial charge on any atom is 0.252 e. The third-order valence-electron chi connectivity index (χ3n) is 3.91. The van der Waals surface area contributed by atoms with Gasteiger partial charge >= 0.3 is 0 Å². The lowest BCUT2D eigenvalue weighted by molar-refractivity contribution is 0.404. The normalized spacial score (nSPS) is 13.4. The highest BCUT2D eigenvalue weighted by Gasteiger charge is 2.36. The molecule has 2 aromatic heterocycles. The molecule has 8 nitrogen and oxygen atoms in total. The molecule has 0 amide bonds. The number of hydrogen-bond acceptors (Lipinski definition) is 8. The van der Waals surface area contributed by atoms with Gasteiger partial charge in [0.2, 0.25) is 0 Å². The van der Waals surface area contributed by atoms with Crippen LogP contribution in [0.1, 0.15) is 28.3 Å². The van der Waals surface area contributed by atoms with Gasteiger partial charge in [-0.3, -0.25) is 0 Å². The fourth-order valence-electron chi connectivity index (χ4n) is 2.71. The summed E-state index contributed by atoms with van der Waals surface area (Å²) in [6.45, 7) is 0. The molecular weight excluding hydrogens is 404 g/mol. The van der Waals surface area contributed by atoms with Crippen LogP contribution in [-0.4, -0.2) is 15.0 Å². The van der Waals surface area contributed by atoms with Crippen LogP contribution in [0.5, 0.6) is 0 Å². The smallest absolute Gasteiger partial charge is 0.232 e. The fraction of sp³-hybridized carbons (Fsp3) is 0. The molecule has 2 aromatic rings. The first-order chi connectivity index (χ1) is 14.3. The third kappa shape index (κ3) is 2.60. The summed E-state index contributed by atoms with van der Waals surface area (Å²) in [6.07, 6.45) is 0. The number of allylic oxidation sites excluding steroid dienone is 4. The van der Waals surface area contributed by atoms with E-state index in [-0.39, 0.29) is 0 Å². The van der Waals surface area contributed by atoms with Crippen LogP contribution >= 0.6 is 0 Å². The number of nitrogens with zero attached hydrogens (tertiary/aromatic N) is 8. The number of hydrogen-bond donors (Lipinski definition) is 0. The van der Waals surface area contributed by atoms with E-state index in [2.05, 4.69) is 15.0 Å². The van der Waals surface area contributed by atoms with E-state index in [1.165, 1.54) is 12.1 Å². The van der Waals surface area contributed by atoms with E-state index < -0.39 is 74.2 Å². The van der Waals surface area contributed by atoms with Crippen molar-refractivity contribution >= 4 is 16.7 Å². The van der Waals surface area contributed by atoms with Crippen molar-refractivity contribution < 1.29 is 17.6 Å². The Kier molecular flexibility index (Phi) is 4.67. The average molecular weight is 404 g/mol. The van der Waals surface area contributed by atoms with Crippen molar-refractivity contribution in [1.29, 1.82) is 26.3 Å². The SMILES string of the molecule is N#CC1=C(C#N)c2nc(C#N)c(C#N)nc2/C1=C(\C#N)c1c(F)c(F)nc(F)c1F. The highest BCUT2D eigenvalue weighted by atomic mass is 19.2. The number of aromatic nitrogens is 3. The first kappa shape index (κ1) is 19.6. The molecule has 0 saturated carbocycles. The summed E-state index contributed by atoms with van der Waals surface area (Å²) in [7, 11) is 0. The zero-order valence-electron chi connectivity index (χ0n) is 14.1. The van der Waals surface area contributed by atoms with Crippen LogP contribution in [0.4, 0.5) is 17.6 Å². The molecule has 1 aliphatic rings. The molecule has 1 aliphatic carbocycles. The van der Waals surface area contributed by atoms with E-state index in [0.717, 1.165) is 0 Å². The van der Waals surface area contributed by atoms with Gasteiger partial charge in [0.15, 0.2) is 23.0 Å². The van der Waals surface area contributed by atoms with Gasteiger partial charge in [0.1, 0.15) is 41.7 Å². The molecule has 0 spiro atoms. The van der Waals surface area contributed by atoms with Crippen molar-refractivity contribution in [3.63, 3.8) is 0 Å². The Balaban J connectivity index is 2.59. The summed E-state index contributed by atoms with van der Waals surface area (Å²) in [4.78, 5) is 9.93. The van der Waals surface area contributed by atoms with Gasteiger partial charge in [-0.2, -0.15) is 40.1 Å². The molecule has 12 heteroatoms. The maximum absolute atomic E-state index is 14.3. The van der Waals surface area contributed by atoms with Gasteiger partial charge in [-0.15, -0.1) is 0 Å². The number of fused-ring (bicyclic) bond motifs is 1. The van der Waals surface area contributed by atoms with Gasteiger partial charge in [0.25, 0.3) is 11.9 Å². The third-order valence-corrected chi connectivity index (χ3v) is 3.91. The second-order valence-electron chi connectivity index (χ2n) is 5.37. The number of nitriles is 5. The Hall–Kier alpha value is -5.12. The van der Waals surface area contributed by atoms with Gasteiger partial charge in [-0.25, -0.2) is 18.7 Å². The van der Waals surface area contributed by atoms with Gasteiger partial charge in [0, 0.05) is 5.57 Å². The molecular formula is C18F4N8. The molecule has 0 unspecified atom stereocenters. The molecule has 0 fully saturated rings. The van der Waals surface area contributed by atoms with Gasteiger partial charge in [-0.05, 0) is 0 Å². The van der Waals surface area contributed by atoms with Crippen molar-refractivity contribution in [2.24, 2.45) is 0 Å². The zero-order chi connectivity index (χ0) is 22.2. The summed E-state index contributed by atoms with van der Waals surface area (Å²) >= 11 is 0. The van der Waals surface area contributed by atoms with Crippen molar-refractivity contribution in [2.75, 3.05) is 0 Å². The molecule has 3 rings (SSSR count). The van der Waals surface area contributed by atoms with E-state index >= 15 is 0 Å². The molecule has 0 aliphatic heterocycles. The average Bonchev–Trinajstić information content (AvgIpc) is 3.06. The Morgan fingerprint density at radius 2 is 1.13 bits per heavy atom. The minimum Gasteiger partial charge on any atom is -0.232 e. The molecule has 0 radical (unpaired) electrons. The van der Waals surface area contributed by atoms with E-state index in [0.29, 0.717) is 0 Å². The van der Waals surface area contributed by atoms with Gasteiger partial charge < -0.3 is 0 Å². The quantitative estimate of drug-likeness (QED) is 0.398. The van der Waals surface area contributed by atoms with E-state index in [4.69, 9.17) is 10.5 Å². The van der Waals surface area contributed by atoms with Crippen molar-refractivity contribution in [2.45, 2.75) is 0 Å². The molecule has 2 heterocycles. The zero-order valence-corrected chi connectivity index (χ0v) is 14.1. The standard InChI is InChI=1S/C18F4N8/c19-13-12(14(20)18(22)30-17(13)21)8(3-25)11-6(1-23)7(2-24)15-16(11)29-10(5-27)9(4-26)28-15/b11-8+. The summed E-state index contributed by atoms with van der Waals surface area (Å²) in [5.74, 6) is -8.15. The monoisotopic (exact) mass is 404 g/mol. The van der Waals surface area contributed by atoms with Crippen molar-refractivity contribution in [1.82, 2.24) is 15.0 Å². The molecule has 0 aromatic carbocycles. The van der Waals surface area contributed by atoms with Crippen LogP contribution < -0.4 is 0 Å². The first-order valence-corrected chi connectivity index (χ1v) is 7.47. The largest absolute Gasteiger partial charge is 0.252 e. The van der Waals surface area contributed by atoms with Crippen molar-refractivity contribution in [3.05, 3.63) is 57.4 Å². The lowest BCUT2D eigenvalue weighted by Gasteiger charge is -2.09. The lowest BCUT2D eigenvalue weighted by atomic mass is 9.95. The summed E-state index contributed by atoms with van der Waals surface area (Å²) in [5.41, 5.74) is -6.41. The Morgan fingerprint density at radius 3 is 1.57 bits per heavy atom. The van der Waals surface area contributed by atoms with E-state index in [1.807, 2.05) is 0 Å². The Bertz CT molecular complexity index is 1410. The first-order valence-electron chi connectivity index (χ1n) is 7.47. The highest BCUT2D eigenvalue weighted by Crippen LogP contribution is 2.44. The van der Waals surface area contributed by atoms with Crippen LogP contribution in [0.15, 0.2) is 5.57 Å². The van der Waals surface area contributed by atoms with Crippen LogP contribution in [-0.2, 0) is 0 Å². The number of halogens is 4. The lowest BCUT2D eigenvalue weighted by Crippen LogP contribution is -2.08. The van der Waals surface area contributed by atoms with Crippen LogP contribution in [0.2, 0.25) is 0 Å². The van der Waals surface area contributed by atoms with Gasteiger partial charge in [-0.1, -0.05) is 0 Å². The molecule has 0 saturated heterocycles. The summed E-state index contributed by atoms with van der Waals surface area (Å²) < 4.78 is 55.7. The minimum absolute atomic E-state index is 0.414. The number of rotatable bonds is 1. The Morgan fingerprint density at radius 1 is 0.633 bits per heavy atom. The molecule has 0 atom stereocenters. The van der Waals surface area contributed by atoms with E-state index in [9.17, 15) is 33.3 Å². The van der Waals surface area contributed by atoms with Crippen molar-refractivity contribution in [3.8, 4) is 30.3 Å². The predicted molar refractivity (Wildman–Crippen MR) is 86.1 cm³/mol. The second-order valence-corrected chi connectivity index (χ2v) is 5.37. The molecule has 0 N–H and O–H groups in total. The number of pyridine rings is 1. The topological polar surface area (TPSA) is 158 Å². The van der Waals surface area contributed by atoms with Crippen LogP contribution in [0.3, 0.4) is 0 Å². The molecule has 0 bridgehead atoms. The maximum atomic E-state index is 14.3. The van der Waals surface area contributed by atoms with Crippen LogP contribution in [0, 0.1) is 80.2 Å². The molecule has 30 heavy (non-hydrogen) atoms. The molecule has 140 valence electrons. The highest BCUT2D eigenvalue weighted by molar-refractivity contribution is 6.15. The van der Waals surface area contributed by atoms with E-state index in [1.54, 1.807) is 18.2 Å².